The first kappa shape index (κ1) is 17.1. The van der Waals surface area contributed by atoms with Crippen LogP contribution in [0.25, 0.3) is 0 Å². The minimum atomic E-state index is 0.610. The van der Waals surface area contributed by atoms with Crippen molar-refractivity contribution >= 4 is 17.6 Å². The minimum Gasteiger partial charge on any atom is -0.355 e. The topological polar surface area (TPSA) is 39.7 Å². The summed E-state index contributed by atoms with van der Waals surface area (Å²) >= 11 is 5.89. The van der Waals surface area contributed by atoms with Gasteiger partial charge in [-0.1, -0.05) is 23.7 Å². The van der Waals surface area contributed by atoms with Crippen LogP contribution < -0.4 is 10.6 Å². The van der Waals surface area contributed by atoms with Gasteiger partial charge in [-0.2, -0.15) is 0 Å². The number of hydrogen-bond donors (Lipinski definition) is 2. The van der Waals surface area contributed by atoms with Crippen LogP contribution in [-0.2, 0) is 6.54 Å². The predicted molar refractivity (Wildman–Crippen MR) is 94.5 cm³/mol. The third-order valence-corrected chi connectivity index (χ3v) is 4.19. The smallest absolute Gasteiger partial charge is 0.191 e. The van der Waals surface area contributed by atoms with E-state index in [-0.39, 0.29) is 0 Å². The van der Waals surface area contributed by atoms with Crippen LogP contribution in [0.2, 0.25) is 5.02 Å². The van der Waals surface area contributed by atoms with E-state index < -0.39 is 0 Å². The highest BCUT2D eigenvalue weighted by Gasteiger charge is 2.29. The SMILES string of the molecule is CN=C(NCCN(C(C)C)C1CC1)NCc1ccc(Cl)cc1. The van der Waals surface area contributed by atoms with Crippen molar-refractivity contribution in [3.8, 4) is 0 Å². The number of rotatable bonds is 7. The first-order chi connectivity index (χ1) is 10.6. The molecule has 0 unspecified atom stereocenters. The monoisotopic (exact) mass is 322 g/mol. The van der Waals surface area contributed by atoms with Crippen LogP contribution in [0.4, 0.5) is 0 Å². The number of guanidine groups is 1. The van der Waals surface area contributed by atoms with Crippen LogP contribution in [0, 0.1) is 0 Å². The Bertz CT molecular complexity index is 478. The molecule has 1 fully saturated rings. The Morgan fingerprint density at radius 3 is 2.50 bits per heavy atom. The molecule has 0 aliphatic heterocycles. The summed E-state index contributed by atoms with van der Waals surface area (Å²) in [6.07, 6.45) is 2.70. The maximum Gasteiger partial charge on any atom is 0.191 e. The second kappa shape index (κ2) is 8.39. The van der Waals surface area contributed by atoms with E-state index in [0.29, 0.717) is 6.04 Å². The lowest BCUT2D eigenvalue weighted by Crippen LogP contribution is -2.43. The highest BCUT2D eigenvalue weighted by Crippen LogP contribution is 2.27. The molecule has 0 heterocycles. The Labute approximate surface area is 138 Å². The summed E-state index contributed by atoms with van der Waals surface area (Å²) in [7, 11) is 1.80. The van der Waals surface area contributed by atoms with Gasteiger partial charge >= 0.3 is 0 Å². The van der Waals surface area contributed by atoms with Gasteiger partial charge in [-0.05, 0) is 44.4 Å². The zero-order chi connectivity index (χ0) is 15.9. The number of halogens is 1. The summed E-state index contributed by atoms with van der Waals surface area (Å²) in [6, 6.07) is 9.27. The Morgan fingerprint density at radius 1 is 1.27 bits per heavy atom. The summed E-state index contributed by atoms with van der Waals surface area (Å²) in [5, 5.41) is 7.48. The zero-order valence-electron chi connectivity index (χ0n) is 13.8. The molecule has 2 rings (SSSR count). The number of hydrogen-bond acceptors (Lipinski definition) is 2. The average molecular weight is 323 g/mol. The average Bonchev–Trinajstić information content (AvgIpc) is 3.32. The van der Waals surface area contributed by atoms with Crippen LogP contribution in [0.3, 0.4) is 0 Å². The van der Waals surface area contributed by atoms with Crippen molar-refractivity contribution in [2.75, 3.05) is 20.1 Å². The molecule has 4 nitrogen and oxygen atoms in total. The van der Waals surface area contributed by atoms with Gasteiger partial charge in [0.1, 0.15) is 0 Å². The molecule has 5 heteroatoms. The maximum absolute atomic E-state index is 5.89. The van der Waals surface area contributed by atoms with Crippen molar-refractivity contribution in [2.24, 2.45) is 4.99 Å². The van der Waals surface area contributed by atoms with Crippen molar-refractivity contribution in [2.45, 2.75) is 45.3 Å². The summed E-state index contributed by atoms with van der Waals surface area (Å²) in [5.74, 6) is 0.842. The normalized spacial score (nSPS) is 15.5. The predicted octanol–water partition coefficient (Wildman–Crippen LogP) is 2.88. The van der Waals surface area contributed by atoms with Crippen molar-refractivity contribution in [1.29, 1.82) is 0 Å². The summed E-state index contributed by atoms with van der Waals surface area (Å²) in [5.41, 5.74) is 1.19. The van der Waals surface area contributed by atoms with Gasteiger partial charge in [-0.15, -0.1) is 0 Å². The second-order valence-electron chi connectivity index (χ2n) is 6.04. The molecule has 0 atom stereocenters. The maximum atomic E-state index is 5.89. The van der Waals surface area contributed by atoms with E-state index in [1.165, 1.54) is 18.4 Å². The Kier molecular flexibility index (Phi) is 6.52. The van der Waals surface area contributed by atoms with Crippen LogP contribution in [0.1, 0.15) is 32.3 Å². The van der Waals surface area contributed by atoms with Gasteiger partial charge in [0.25, 0.3) is 0 Å². The molecule has 1 aliphatic rings. The van der Waals surface area contributed by atoms with Gasteiger partial charge in [-0.25, -0.2) is 0 Å². The Hall–Kier alpha value is -1.26. The Balaban J connectivity index is 1.71. The molecule has 0 aromatic heterocycles. The van der Waals surface area contributed by atoms with Gasteiger partial charge in [0.05, 0.1) is 0 Å². The highest BCUT2D eigenvalue weighted by molar-refractivity contribution is 6.30. The minimum absolute atomic E-state index is 0.610. The summed E-state index contributed by atoms with van der Waals surface area (Å²) in [4.78, 5) is 6.84. The molecule has 1 saturated carbocycles. The van der Waals surface area contributed by atoms with Gasteiger partial charge in [-0.3, -0.25) is 9.89 Å². The molecule has 1 aromatic rings. The van der Waals surface area contributed by atoms with Gasteiger partial charge in [0.2, 0.25) is 0 Å². The molecule has 0 amide bonds. The fraction of sp³-hybridized carbons (Fsp3) is 0.588. The lowest BCUT2D eigenvalue weighted by Gasteiger charge is -2.26. The lowest BCUT2D eigenvalue weighted by atomic mass is 10.2. The molecule has 122 valence electrons. The molecule has 22 heavy (non-hydrogen) atoms. The van der Waals surface area contributed by atoms with E-state index in [9.17, 15) is 0 Å². The molecule has 0 bridgehead atoms. The number of nitrogens with zero attached hydrogens (tertiary/aromatic N) is 2. The molecule has 0 radical (unpaired) electrons. The van der Waals surface area contributed by atoms with E-state index in [2.05, 4.69) is 34.4 Å². The van der Waals surface area contributed by atoms with Crippen LogP contribution in [0.5, 0.6) is 0 Å². The quantitative estimate of drug-likeness (QED) is 0.599. The van der Waals surface area contributed by atoms with Crippen LogP contribution >= 0.6 is 11.6 Å². The fourth-order valence-corrected chi connectivity index (χ4v) is 2.71. The third kappa shape index (κ3) is 5.50. The standard InChI is InChI=1S/C17H27ClN4/c1-13(2)22(16-8-9-16)11-10-20-17(19-3)21-12-14-4-6-15(18)7-5-14/h4-7,13,16H,8-12H2,1-3H3,(H2,19,20,21). The van der Waals surface area contributed by atoms with Crippen LogP contribution in [-0.4, -0.2) is 43.1 Å². The molecular weight excluding hydrogens is 296 g/mol. The first-order valence-electron chi connectivity index (χ1n) is 8.05. The largest absolute Gasteiger partial charge is 0.355 e. The number of benzene rings is 1. The first-order valence-corrected chi connectivity index (χ1v) is 8.42. The van der Waals surface area contributed by atoms with Gasteiger partial charge in [0, 0.05) is 43.8 Å². The molecule has 1 aliphatic carbocycles. The highest BCUT2D eigenvalue weighted by atomic mass is 35.5. The van der Waals surface area contributed by atoms with E-state index in [1.807, 2.05) is 24.3 Å². The van der Waals surface area contributed by atoms with Crippen molar-refractivity contribution in [3.63, 3.8) is 0 Å². The molecule has 0 spiro atoms. The molecule has 2 N–H and O–H groups in total. The van der Waals surface area contributed by atoms with Crippen molar-refractivity contribution < 1.29 is 0 Å². The Morgan fingerprint density at radius 2 is 1.95 bits per heavy atom. The summed E-state index contributed by atoms with van der Waals surface area (Å²) in [6.45, 7) is 7.25. The third-order valence-electron chi connectivity index (χ3n) is 3.94. The zero-order valence-corrected chi connectivity index (χ0v) is 14.5. The van der Waals surface area contributed by atoms with Gasteiger partial charge < -0.3 is 10.6 Å². The lowest BCUT2D eigenvalue weighted by molar-refractivity contribution is 0.215. The van der Waals surface area contributed by atoms with E-state index >= 15 is 0 Å². The van der Waals surface area contributed by atoms with Crippen LogP contribution in [0.15, 0.2) is 29.3 Å². The number of nitrogens with one attached hydrogen (secondary N) is 2. The van der Waals surface area contributed by atoms with Crippen molar-refractivity contribution in [3.05, 3.63) is 34.9 Å². The van der Waals surface area contributed by atoms with E-state index in [0.717, 1.165) is 36.7 Å². The fourth-order valence-electron chi connectivity index (χ4n) is 2.58. The molecule has 1 aromatic carbocycles. The molecule has 0 saturated heterocycles. The second-order valence-corrected chi connectivity index (χ2v) is 6.48. The van der Waals surface area contributed by atoms with E-state index in [1.54, 1.807) is 7.05 Å². The number of aliphatic imine (C=N–C) groups is 1. The van der Waals surface area contributed by atoms with E-state index in [4.69, 9.17) is 11.6 Å². The molecular formula is C17H27ClN4. The summed E-state index contributed by atoms with van der Waals surface area (Å²) < 4.78 is 0. The van der Waals surface area contributed by atoms with Gasteiger partial charge in [0.15, 0.2) is 5.96 Å². The van der Waals surface area contributed by atoms with Crippen molar-refractivity contribution in [1.82, 2.24) is 15.5 Å².